The van der Waals surface area contributed by atoms with Crippen LogP contribution in [0.5, 0.6) is 0 Å². The number of ether oxygens (including phenoxy) is 1. The SMILES string of the molecule is C=CC(=O)OCO[PH](=O)OC(CC)CC. The van der Waals surface area contributed by atoms with Crippen molar-refractivity contribution in [3.8, 4) is 0 Å². The van der Waals surface area contributed by atoms with Crippen molar-refractivity contribution in [3.63, 3.8) is 0 Å². The zero-order valence-electron chi connectivity index (χ0n) is 9.02. The molecule has 0 saturated carbocycles. The summed E-state index contributed by atoms with van der Waals surface area (Å²) in [6, 6.07) is 0. The van der Waals surface area contributed by atoms with Crippen molar-refractivity contribution in [2.75, 3.05) is 6.79 Å². The summed E-state index contributed by atoms with van der Waals surface area (Å²) in [5, 5.41) is 0. The fourth-order valence-electron chi connectivity index (χ4n) is 0.820. The molecule has 5 nitrogen and oxygen atoms in total. The van der Waals surface area contributed by atoms with Crippen molar-refractivity contribution in [1.82, 2.24) is 0 Å². The van der Waals surface area contributed by atoms with Crippen molar-refractivity contribution in [2.45, 2.75) is 32.8 Å². The first-order valence-electron chi connectivity index (χ1n) is 4.76. The number of esters is 1. The molecule has 6 heteroatoms. The van der Waals surface area contributed by atoms with Gasteiger partial charge in [0.2, 0.25) is 6.79 Å². The Morgan fingerprint density at radius 3 is 2.53 bits per heavy atom. The van der Waals surface area contributed by atoms with Crippen LogP contribution in [0.15, 0.2) is 12.7 Å². The van der Waals surface area contributed by atoms with Crippen LogP contribution in [0.2, 0.25) is 0 Å². The van der Waals surface area contributed by atoms with Gasteiger partial charge in [0.15, 0.2) is 0 Å². The third-order valence-corrected chi connectivity index (χ3v) is 2.60. The summed E-state index contributed by atoms with van der Waals surface area (Å²) in [7, 11) is -2.58. The Hall–Kier alpha value is -0.640. The van der Waals surface area contributed by atoms with Gasteiger partial charge in [-0.2, -0.15) is 0 Å². The Bertz CT molecular complexity index is 225. The maximum absolute atomic E-state index is 11.2. The zero-order chi connectivity index (χ0) is 11.7. The predicted octanol–water partition coefficient (Wildman–Crippen LogP) is 2.28. The average Bonchev–Trinajstić information content (AvgIpc) is 2.25. The molecule has 0 radical (unpaired) electrons. The van der Waals surface area contributed by atoms with E-state index in [0.29, 0.717) is 0 Å². The van der Waals surface area contributed by atoms with Crippen LogP contribution in [-0.2, 0) is 23.1 Å². The standard InChI is InChI=1S/C9H17O5P/c1-4-8(5-2)14-15(11)13-7-12-9(10)6-3/h6,8,15H,3-5,7H2,1-2H3. The molecule has 0 aliphatic rings. The van der Waals surface area contributed by atoms with Gasteiger partial charge >= 0.3 is 14.2 Å². The number of hydrogen-bond acceptors (Lipinski definition) is 5. The first kappa shape index (κ1) is 14.4. The minimum Gasteiger partial charge on any atom is -0.435 e. The Balaban J connectivity index is 3.65. The van der Waals surface area contributed by atoms with Gasteiger partial charge < -0.3 is 9.26 Å². The Morgan fingerprint density at radius 1 is 1.47 bits per heavy atom. The van der Waals surface area contributed by atoms with E-state index in [2.05, 4.69) is 15.8 Å². The van der Waals surface area contributed by atoms with Gasteiger partial charge in [0, 0.05) is 6.08 Å². The molecule has 0 aliphatic heterocycles. The molecule has 1 unspecified atom stereocenters. The van der Waals surface area contributed by atoms with Crippen molar-refractivity contribution in [3.05, 3.63) is 12.7 Å². The van der Waals surface area contributed by atoms with E-state index in [0.717, 1.165) is 18.9 Å². The van der Waals surface area contributed by atoms with E-state index in [1.807, 2.05) is 13.8 Å². The Morgan fingerprint density at radius 2 is 2.07 bits per heavy atom. The first-order chi connectivity index (χ1) is 7.13. The minimum absolute atomic E-state index is 0.0773. The summed E-state index contributed by atoms with van der Waals surface area (Å²) in [5.74, 6) is -0.618. The molecule has 0 bridgehead atoms. The maximum Gasteiger partial charge on any atom is 0.332 e. The van der Waals surface area contributed by atoms with Crippen molar-refractivity contribution >= 4 is 14.2 Å². The molecule has 0 aliphatic carbocycles. The van der Waals surface area contributed by atoms with E-state index in [4.69, 9.17) is 4.52 Å². The molecule has 0 aromatic carbocycles. The van der Waals surface area contributed by atoms with E-state index in [-0.39, 0.29) is 12.9 Å². The van der Waals surface area contributed by atoms with Crippen molar-refractivity contribution in [2.24, 2.45) is 0 Å². The number of carbonyl (C=O) groups excluding carboxylic acids is 1. The second-order valence-corrected chi connectivity index (χ2v) is 3.76. The van der Waals surface area contributed by atoms with Gasteiger partial charge in [-0.1, -0.05) is 20.4 Å². The Kier molecular flexibility index (Phi) is 8.28. The summed E-state index contributed by atoms with van der Waals surface area (Å²) < 4.78 is 25.4. The van der Waals surface area contributed by atoms with E-state index in [1.165, 1.54) is 0 Å². The van der Waals surface area contributed by atoms with Gasteiger partial charge in [0.1, 0.15) is 0 Å². The lowest BCUT2D eigenvalue weighted by Crippen LogP contribution is -2.07. The fraction of sp³-hybridized carbons (Fsp3) is 0.667. The highest BCUT2D eigenvalue weighted by Gasteiger charge is 2.09. The normalized spacial score (nSPS) is 12.5. The molecule has 0 heterocycles. The van der Waals surface area contributed by atoms with Crippen LogP contribution in [0.25, 0.3) is 0 Å². The van der Waals surface area contributed by atoms with Crippen LogP contribution in [0.3, 0.4) is 0 Å². The highest BCUT2D eigenvalue weighted by atomic mass is 31.1. The maximum atomic E-state index is 11.2. The minimum atomic E-state index is -2.58. The number of carbonyl (C=O) groups is 1. The molecule has 0 N–H and O–H groups in total. The lowest BCUT2D eigenvalue weighted by atomic mass is 10.2. The monoisotopic (exact) mass is 236 g/mol. The van der Waals surface area contributed by atoms with Crippen LogP contribution in [0.4, 0.5) is 0 Å². The quantitative estimate of drug-likeness (QED) is 0.280. The zero-order valence-corrected chi connectivity index (χ0v) is 10.0. The summed E-state index contributed by atoms with van der Waals surface area (Å²) >= 11 is 0. The van der Waals surface area contributed by atoms with Crippen LogP contribution >= 0.6 is 8.25 Å². The smallest absolute Gasteiger partial charge is 0.332 e. The van der Waals surface area contributed by atoms with Crippen LogP contribution < -0.4 is 0 Å². The molecule has 0 amide bonds. The largest absolute Gasteiger partial charge is 0.435 e. The number of rotatable bonds is 8. The van der Waals surface area contributed by atoms with Crippen LogP contribution in [0, 0.1) is 0 Å². The highest BCUT2D eigenvalue weighted by molar-refractivity contribution is 7.33. The summed E-state index contributed by atoms with van der Waals surface area (Å²) in [6.45, 7) is 6.69. The molecular formula is C9H17O5P. The van der Waals surface area contributed by atoms with Gasteiger partial charge in [-0.05, 0) is 12.8 Å². The molecule has 1 atom stereocenters. The molecule has 0 rings (SSSR count). The molecular weight excluding hydrogens is 219 g/mol. The second kappa shape index (κ2) is 8.65. The third kappa shape index (κ3) is 7.31. The summed E-state index contributed by atoms with van der Waals surface area (Å²) in [4.78, 5) is 10.6. The van der Waals surface area contributed by atoms with E-state index in [1.54, 1.807) is 0 Å². The molecule has 0 spiro atoms. The van der Waals surface area contributed by atoms with Crippen LogP contribution in [-0.4, -0.2) is 18.9 Å². The lowest BCUT2D eigenvalue weighted by Gasteiger charge is -2.12. The molecule has 0 aromatic rings. The van der Waals surface area contributed by atoms with Gasteiger partial charge in [0.05, 0.1) is 6.10 Å². The van der Waals surface area contributed by atoms with Gasteiger partial charge in [-0.25, -0.2) is 4.79 Å². The van der Waals surface area contributed by atoms with Crippen molar-refractivity contribution < 1.29 is 23.1 Å². The number of hydrogen-bond donors (Lipinski definition) is 0. The van der Waals surface area contributed by atoms with Crippen molar-refractivity contribution in [1.29, 1.82) is 0 Å². The second-order valence-electron chi connectivity index (χ2n) is 2.74. The predicted molar refractivity (Wildman–Crippen MR) is 56.7 cm³/mol. The molecule has 88 valence electrons. The molecule has 0 aromatic heterocycles. The summed E-state index contributed by atoms with van der Waals surface area (Å²) in [6.07, 6.45) is 2.46. The van der Waals surface area contributed by atoms with E-state index in [9.17, 15) is 9.36 Å². The molecule has 0 fully saturated rings. The Labute approximate surface area is 90.3 Å². The lowest BCUT2D eigenvalue weighted by molar-refractivity contribution is -0.144. The molecule has 15 heavy (non-hydrogen) atoms. The summed E-state index contributed by atoms with van der Waals surface area (Å²) in [5.41, 5.74) is 0. The van der Waals surface area contributed by atoms with Gasteiger partial charge in [-0.15, -0.1) is 0 Å². The van der Waals surface area contributed by atoms with E-state index >= 15 is 0 Å². The highest BCUT2D eigenvalue weighted by Crippen LogP contribution is 2.27. The molecule has 0 saturated heterocycles. The first-order valence-corrected chi connectivity index (χ1v) is 5.99. The van der Waals surface area contributed by atoms with E-state index < -0.39 is 14.2 Å². The third-order valence-electron chi connectivity index (χ3n) is 1.72. The van der Waals surface area contributed by atoms with Gasteiger partial charge in [-0.3, -0.25) is 9.09 Å². The van der Waals surface area contributed by atoms with Gasteiger partial charge in [0.25, 0.3) is 0 Å². The fourth-order valence-corrected chi connectivity index (χ4v) is 1.65. The average molecular weight is 236 g/mol. The van der Waals surface area contributed by atoms with Crippen LogP contribution in [0.1, 0.15) is 26.7 Å². The topological polar surface area (TPSA) is 61.8 Å².